The molecule has 1 saturated heterocycles. The average Bonchev–Trinajstić information content (AvgIpc) is 3.33. The predicted octanol–water partition coefficient (Wildman–Crippen LogP) is 4.57. The first-order valence-corrected chi connectivity index (χ1v) is 9.98. The van der Waals surface area contributed by atoms with Crippen LogP contribution in [0.3, 0.4) is 0 Å². The Morgan fingerprint density at radius 2 is 2.26 bits per heavy atom. The van der Waals surface area contributed by atoms with Crippen LogP contribution in [0, 0.1) is 12.7 Å². The summed E-state index contributed by atoms with van der Waals surface area (Å²) in [4.78, 5) is 20.8. The summed E-state index contributed by atoms with van der Waals surface area (Å²) in [6.07, 6.45) is 2.07. The minimum absolute atomic E-state index is 0.0685. The lowest BCUT2D eigenvalue weighted by atomic mass is 10.1. The van der Waals surface area contributed by atoms with Gasteiger partial charge in [-0.15, -0.1) is 11.3 Å². The Kier molecular flexibility index (Phi) is 5.18. The van der Waals surface area contributed by atoms with E-state index in [4.69, 9.17) is 4.74 Å². The van der Waals surface area contributed by atoms with Crippen molar-refractivity contribution in [2.24, 2.45) is 0 Å². The highest BCUT2D eigenvalue weighted by Crippen LogP contribution is 2.24. The summed E-state index contributed by atoms with van der Waals surface area (Å²) in [6.45, 7) is 3.67. The molecule has 1 aromatic carbocycles. The van der Waals surface area contributed by atoms with E-state index in [2.05, 4.69) is 4.98 Å². The molecule has 3 aromatic rings. The van der Waals surface area contributed by atoms with Gasteiger partial charge < -0.3 is 9.64 Å². The molecule has 140 valence electrons. The molecule has 0 radical (unpaired) electrons. The number of nitrogens with zero attached hydrogens (tertiary/aromatic N) is 2. The van der Waals surface area contributed by atoms with Crippen molar-refractivity contribution < 1.29 is 13.9 Å². The Balaban J connectivity index is 1.70. The van der Waals surface area contributed by atoms with Gasteiger partial charge >= 0.3 is 0 Å². The molecule has 0 spiro atoms. The van der Waals surface area contributed by atoms with Crippen LogP contribution in [0.5, 0.6) is 0 Å². The lowest BCUT2D eigenvalue weighted by molar-refractivity contribution is 0.0511. The monoisotopic (exact) mass is 384 g/mol. The fourth-order valence-electron chi connectivity index (χ4n) is 3.53. The molecule has 0 aliphatic carbocycles. The minimum atomic E-state index is -0.353. The van der Waals surface area contributed by atoms with E-state index in [1.807, 2.05) is 29.3 Å². The Hall–Kier alpha value is -2.31. The SMILES string of the molecule is Cc1cc(C(=O)N(Cc2cccs2)CC2CCCO2)c2ccc(F)cc2n1. The maximum absolute atomic E-state index is 13.6. The van der Waals surface area contributed by atoms with Crippen molar-refractivity contribution in [2.45, 2.75) is 32.4 Å². The van der Waals surface area contributed by atoms with Gasteiger partial charge in [-0.25, -0.2) is 4.39 Å². The number of aryl methyl sites for hydroxylation is 1. The van der Waals surface area contributed by atoms with E-state index in [1.54, 1.807) is 23.5 Å². The normalized spacial score (nSPS) is 16.7. The average molecular weight is 384 g/mol. The van der Waals surface area contributed by atoms with E-state index < -0.39 is 0 Å². The number of ether oxygens (including phenoxy) is 1. The Morgan fingerprint density at radius 3 is 3.00 bits per heavy atom. The number of rotatable bonds is 5. The number of fused-ring (bicyclic) bond motifs is 1. The topological polar surface area (TPSA) is 42.4 Å². The van der Waals surface area contributed by atoms with Crippen LogP contribution in [0.1, 0.15) is 33.8 Å². The zero-order valence-corrected chi connectivity index (χ0v) is 16.0. The highest BCUT2D eigenvalue weighted by Gasteiger charge is 2.25. The van der Waals surface area contributed by atoms with Gasteiger partial charge in [-0.05, 0) is 49.4 Å². The standard InChI is InChI=1S/C21H21FN2O2S/c1-14-10-19(18-7-6-15(22)11-20(18)23-14)21(25)24(12-16-4-2-8-26-16)13-17-5-3-9-27-17/h3,5-7,9-11,16H,2,4,8,12-13H2,1H3. The third-order valence-corrected chi connectivity index (χ3v) is 5.65. The largest absolute Gasteiger partial charge is 0.376 e. The number of halogens is 1. The fraction of sp³-hybridized carbons (Fsp3) is 0.333. The Labute approximate surface area is 161 Å². The molecule has 1 atom stereocenters. The molecule has 4 nitrogen and oxygen atoms in total. The van der Waals surface area contributed by atoms with Crippen molar-refractivity contribution in [3.05, 3.63) is 63.7 Å². The number of thiophene rings is 1. The molecule has 1 unspecified atom stereocenters. The Morgan fingerprint density at radius 1 is 1.37 bits per heavy atom. The summed E-state index contributed by atoms with van der Waals surface area (Å²) in [5, 5.41) is 2.69. The van der Waals surface area contributed by atoms with Crippen LogP contribution in [-0.2, 0) is 11.3 Å². The van der Waals surface area contributed by atoms with Gasteiger partial charge in [-0.2, -0.15) is 0 Å². The number of hydrogen-bond acceptors (Lipinski definition) is 4. The van der Waals surface area contributed by atoms with Crippen molar-refractivity contribution in [1.29, 1.82) is 0 Å². The third kappa shape index (κ3) is 4.01. The number of aromatic nitrogens is 1. The fourth-order valence-corrected chi connectivity index (χ4v) is 4.24. The highest BCUT2D eigenvalue weighted by atomic mass is 32.1. The quantitative estimate of drug-likeness (QED) is 0.647. The zero-order chi connectivity index (χ0) is 18.8. The van der Waals surface area contributed by atoms with Crippen molar-refractivity contribution in [1.82, 2.24) is 9.88 Å². The van der Waals surface area contributed by atoms with Crippen LogP contribution < -0.4 is 0 Å². The van der Waals surface area contributed by atoms with Gasteiger partial charge in [-0.3, -0.25) is 9.78 Å². The van der Waals surface area contributed by atoms with Crippen LogP contribution in [0.15, 0.2) is 41.8 Å². The molecule has 1 fully saturated rings. The molecule has 0 N–H and O–H groups in total. The number of amides is 1. The molecule has 1 amide bonds. The number of carbonyl (C=O) groups is 1. The van der Waals surface area contributed by atoms with Crippen molar-refractivity contribution in [3.8, 4) is 0 Å². The smallest absolute Gasteiger partial charge is 0.255 e. The van der Waals surface area contributed by atoms with E-state index in [1.165, 1.54) is 12.1 Å². The summed E-state index contributed by atoms with van der Waals surface area (Å²) in [5.41, 5.74) is 1.77. The maximum Gasteiger partial charge on any atom is 0.255 e. The summed E-state index contributed by atoms with van der Waals surface area (Å²) in [7, 11) is 0. The second-order valence-corrected chi connectivity index (χ2v) is 7.90. The summed E-state index contributed by atoms with van der Waals surface area (Å²) in [5.74, 6) is -0.421. The first kappa shape index (κ1) is 18.1. The van der Waals surface area contributed by atoms with Crippen LogP contribution in [-0.4, -0.2) is 35.0 Å². The second kappa shape index (κ2) is 7.74. The molecule has 4 rings (SSSR count). The minimum Gasteiger partial charge on any atom is -0.376 e. The van der Waals surface area contributed by atoms with Crippen molar-refractivity contribution in [2.75, 3.05) is 13.2 Å². The van der Waals surface area contributed by atoms with Gasteiger partial charge in [0.15, 0.2) is 0 Å². The van der Waals surface area contributed by atoms with Crippen LogP contribution in [0.2, 0.25) is 0 Å². The molecule has 2 aromatic heterocycles. The van der Waals surface area contributed by atoms with E-state index in [0.717, 1.165) is 24.3 Å². The predicted molar refractivity (Wildman–Crippen MR) is 104 cm³/mol. The van der Waals surface area contributed by atoms with Crippen molar-refractivity contribution >= 4 is 28.1 Å². The summed E-state index contributed by atoms with van der Waals surface area (Å²) in [6, 6.07) is 10.2. The zero-order valence-electron chi connectivity index (χ0n) is 15.2. The first-order valence-electron chi connectivity index (χ1n) is 9.10. The number of benzene rings is 1. The lowest BCUT2D eigenvalue weighted by Crippen LogP contribution is -2.37. The third-order valence-electron chi connectivity index (χ3n) is 4.79. The van der Waals surface area contributed by atoms with Crippen LogP contribution in [0.4, 0.5) is 4.39 Å². The molecule has 27 heavy (non-hydrogen) atoms. The molecule has 0 bridgehead atoms. The number of pyridine rings is 1. The van der Waals surface area contributed by atoms with E-state index in [9.17, 15) is 9.18 Å². The van der Waals surface area contributed by atoms with Gasteiger partial charge in [0.25, 0.3) is 5.91 Å². The molecular weight excluding hydrogens is 363 g/mol. The van der Waals surface area contributed by atoms with Crippen LogP contribution in [0.25, 0.3) is 10.9 Å². The Bertz CT molecular complexity index is 947. The molecule has 0 saturated carbocycles. The number of carbonyl (C=O) groups excluding carboxylic acids is 1. The van der Waals surface area contributed by atoms with Gasteiger partial charge in [0.2, 0.25) is 0 Å². The summed E-state index contributed by atoms with van der Waals surface area (Å²) >= 11 is 1.63. The maximum atomic E-state index is 13.6. The van der Waals surface area contributed by atoms with E-state index in [-0.39, 0.29) is 17.8 Å². The van der Waals surface area contributed by atoms with Crippen LogP contribution >= 0.6 is 11.3 Å². The molecule has 1 aliphatic rings. The van der Waals surface area contributed by atoms with Gasteiger partial charge in [0.1, 0.15) is 5.82 Å². The lowest BCUT2D eigenvalue weighted by Gasteiger charge is -2.26. The molecule has 3 heterocycles. The highest BCUT2D eigenvalue weighted by molar-refractivity contribution is 7.09. The van der Waals surface area contributed by atoms with E-state index >= 15 is 0 Å². The first-order chi connectivity index (χ1) is 13.1. The van der Waals surface area contributed by atoms with Gasteiger partial charge in [0, 0.05) is 35.2 Å². The molecule has 6 heteroatoms. The summed E-state index contributed by atoms with van der Waals surface area (Å²) < 4.78 is 19.4. The second-order valence-electron chi connectivity index (χ2n) is 6.87. The van der Waals surface area contributed by atoms with Crippen molar-refractivity contribution in [3.63, 3.8) is 0 Å². The van der Waals surface area contributed by atoms with E-state index in [0.29, 0.717) is 35.2 Å². The van der Waals surface area contributed by atoms with Gasteiger partial charge in [0.05, 0.1) is 23.7 Å². The number of hydrogen-bond donors (Lipinski definition) is 0. The van der Waals surface area contributed by atoms with Gasteiger partial charge in [-0.1, -0.05) is 6.07 Å². The molecule has 1 aliphatic heterocycles. The molecular formula is C21H21FN2O2S.